The van der Waals surface area contributed by atoms with Crippen molar-refractivity contribution < 1.29 is 24.5 Å². The molecule has 0 fully saturated rings. The van der Waals surface area contributed by atoms with Crippen LogP contribution in [-0.2, 0) is 18.3 Å². The zero-order valence-electron chi connectivity index (χ0n) is 22.3. The Balaban J connectivity index is 1.88. The number of aromatic nitrogens is 1. The molecular formula is C29H32N3O6-. The number of anilines is 2. The van der Waals surface area contributed by atoms with Crippen LogP contribution in [0.2, 0.25) is 0 Å². The molecule has 0 saturated heterocycles. The first-order valence-electron chi connectivity index (χ1n) is 12.4. The van der Waals surface area contributed by atoms with Gasteiger partial charge in [-0.15, -0.1) is 5.60 Å². The van der Waals surface area contributed by atoms with Crippen molar-refractivity contribution >= 4 is 23.3 Å². The summed E-state index contributed by atoms with van der Waals surface area (Å²) < 4.78 is 7.04. The fourth-order valence-corrected chi connectivity index (χ4v) is 4.84. The van der Waals surface area contributed by atoms with Crippen molar-refractivity contribution in [3.63, 3.8) is 0 Å². The number of carboxylic acids is 1. The Bertz CT molecular complexity index is 1450. The van der Waals surface area contributed by atoms with Gasteiger partial charge in [0.1, 0.15) is 17.9 Å². The standard InChI is InChI=1S/C29H32N3O6/c1-17-6-9-20(10-7-17)30-27(35)26-18(2)25(22(15-24(33)34)31(5)28(26)36)19-8-11-23-21(14-19)32(12-13-38-23)16-29(3,4)37/h6-11,14H,12-13,15-16H2,1-5H3,(H,30,35)(H,33,34)/q-1. The van der Waals surface area contributed by atoms with Crippen LogP contribution >= 0.6 is 0 Å². The second-order valence-corrected chi connectivity index (χ2v) is 10.3. The Hall–Kier alpha value is -4.11. The number of aryl methyl sites for hydroxylation is 1. The lowest BCUT2D eigenvalue weighted by atomic mass is 9.92. The van der Waals surface area contributed by atoms with Gasteiger partial charge in [0.2, 0.25) is 0 Å². The maximum Gasteiger partial charge on any atom is 0.309 e. The van der Waals surface area contributed by atoms with Gasteiger partial charge in [0.25, 0.3) is 11.5 Å². The Morgan fingerprint density at radius 1 is 1.13 bits per heavy atom. The summed E-state index contributed by atoms with van der Waals surface area (Å²) in [6, 6.07) is 12.6. The van der Waals surface area contributed by atoms with Gasteiger partial charge in [-0.05, 0) is 49.2 Å². The number of carbonyl (C=O) groups is 2. The van der Waals surface area contributed by atoms with Crippen molar-refractivity contribution in [3.05, 3.63) is 75.2 Å². The molecule has 1 aliphatic heterocycles. The third-order valence-corrected chi connectivity index (χ3v) is 6.60. The average Bonchev–Trinajstić information content (AvgIpc) is 2.83. The summed E-state index contributed by atoms with van der Waals surface area (Å²) in [5, 5.41) is 24.9. The quantitative estimate of drug-likeness (QED) is 0.493. The molecule has 1 amide bonds. The minimum absolute atomic E-state index is 0.0660. The van der Waals surface area contributed by atoms with Crippen molar-refractivity contribution in [2.75, 3.05) is 29.9 Å². The molecule has 200 valence electrons. The summed E-state index contributed by atoms with van der Waals surface area (Å²) in [6.45, 7) is 8.04. The molecule has 0 aliphatic carbocycles. The molecule has 1 aliphatic rings. The molecule has 2 heterocycles. The fraction of sp³-hybridized carbons (Fsp3) is 0.345. The van der Waals surface area contributed by atoms with Gasteiger partial charge in [-0.1, -0.05) is 37.6 Å². The third kappa shape index (κ3) is 5.57. The number of hydrogen-bond acceptors (Lipinski definition) is 6. The predicted molar refractivity (Wildman–Crippen MR) is 144 cm³/mol. The summed E-state index contributed by atoms with van der Waals surface area (Å²) in [5.41, 5.74) is 2.19. The maximum absolute atomic E-state index is 13.3. The summed E-state index contributed by atoms with van der Waals surface area (Å²) in [5.74, 6) is -1.07. The molecule has 2 N–H and O–H groups in total. The average molecular weight is 519 g/mol. The Kier molecular flexibility index (Phi) is 7.33. The first-order chi connectivity index (χ1) is 17.9. The molecule has 4 rings (SSSR count). The SMILES string of the molecule is Cc1ccc(NC(=O)c2c(C)c(-c3ccc4c(c3)N(CC(C)(C)[O-])CCO4)c(CC(=O)O)n(C)c2=O)cc1. The highest BCUT2D eigenvalue weighted by atomic mass is 16.5. The molecule has 0 spiro atoms. The number of carboxylic acid groups (broad SMARTS) is 1. The van der Waals surface area contributed by atoms with Crippen LogP contribution in [-0.4, -0.2) is 46.8 Å². The van der Waals surface area contributed by atoms with E-state index in [1.807, 2.05) is 30.0 Å². The Morgan fingerprint density at radius 2 is 1.82 bits per heavy atom. The molecule has 0 atom stereocenters. The number of rotatable bonds is 7. The predicted octanol–water partition coefficient (Wildman–Crippen LogP) is 2.89. The van der Waals surface area contributed by atoms with E-state index < -0.39 is 29.5 Å². The van der Waals surface area contributed by atoms with Gasteiger partial charge in [0.15, 0.2) is 0 Å². The van der Waals surface area contributed by atoms with Gasteiger partial charge >= 0.3 is 5.97 Å². The van der Waals surface area contributed by atoms with Crippen LogP contribution in [0.25, 0.3) is 11.1 Å². The van der Waals surface area contributed by atoms with Crippen molar-refractivity contribution in [1.29, 1.82) is 0 Å². The highest BCUT2D eigenvalue weighted by molar-refractivity contribution is 6.06. The van der Waals surface area contributed by atoms with E-state index in [-0.39, 0.29) is 17.8 Å². The number of ether oxygens (including phenoxy) is 1. The summed E-state index contributed by atoms with van der Waals surface area (Å²) in [7, 11) is 1.47. The number of pyridine rings is 1. The maximum atomic E-state index is 13.3. The van der Waals surface area contributed by atoms with Crippen LogP contribution in [0.1, 0.15) is 41.0 Å². The molecule has 1 aromatic heterocycles. The van der Waals surface area contributed by atoms with Crippen LogP contribution in [0.3, 0.4) is 0 Å². The normalized spacial score (nSPS) is 13.1. The highest BCUT2D eigenvalue weighted by Gasteiger charge is 2.27. The second kappa shape index (κ2) is 10.3. The molecule has 0 unspecified atom stereocenters. The van der Waals surface area contributed by atoms with E-state index in [0.717, 1.165) is 5.56 Å². The number of aliphatic carboxylic acids is 1. The molecule has 0 radical (unpaired) electrons. The number of nitrogens with one attached hydrogen (secondary N) is 1. The molecule has 9 nitrogen and oxygen atoms in total. The van der Waals surface area contributed by atoms with E-state index >= 15 is 0 Å². The van der Waals surface area contributed by atoms with E-state index in [4.69, 9.17) is 4.74 Å². The van der Waals surface area contributed by atoms with E-state index in [0.29, 0.717) is 47.0 Å². The largest absolute Gasteiger partial charge is 0.849 e. The van der Waals surface area contributed by atoms with Crippen molar-refractivity contribution in [2.45, 2.75) is 39.7 Å². The molecule has 2 aromatic carbocycles. The highest BCUT2D eigenvalue weighted by Crippen LogP contribution is 2.38. The van der Waals surface area contributed by atoms with Gasteiger partial charge in [-0.3, -0.25) is 14.4 Å². The molecule has 0 bridgehead atoms. The number of carbonyl (C=O) groups excluding carboxylic acids is 1. The van der Waals surface area contributed by atoms with Crippen LogP contribution < -0.4 is 25.6 Å². The zero-order valence-corrected chi connectivity index (χ0v) is 22.3. The van der Waals surface area contributed by atoms with E-state index in [9.17, 15) is 24.6 Å². The molecule has 38 heavy (non-hydrogen) atoms. The van der Waals surface area contributed by atoms with Gasteiger partial charge in [0, 0.05) is 30.5 Å². The number of fused-ring (bicyclic) bond motifs is 1. The van der Waals surface area contributed by atoms with Crippen LogP contribution in [0.4, 0.5) is 11.4 Å². The lowest BCUT2D eigenvalue weighted by Gasteiger charge is -2.41. The van der Waals surface area contributed by atoms with Gasteiger partial charge in [-0.25, -0.2) is 0 Å². The molecule has 9 heteroatoms. The number of hydrogen-bond donors (Lipinski definition) is 2. The minimum atomic E-state index is -1.20. The smallest absolute Gasteiger partial charge is 0.309 e. The van der Waals surface area contributed by atoms with Crippen molar-refractivity contribution in [3.8, 4) is 16.9 Å². The lowest BCUT2D eigenvalue weighted by Crippen LogP contribution is -2.50. The summed E-state index contributed by atoms with van der Waals surface area (Å²) >= 11 is 0. The van der Waals surface area contributed by atoms with Crippen LogP contribution in [0, 0.1) is 13.8 Å². The number of benzene rings is 2. The number of nitrogens with zero attached hydrogens (tertiary/aromatic N) is 2. The van der Waals surface area contributed by atoms with Gasteiger partial charge in [0.05, 0.1) is 18.7 Å². The zero-order chi connectivity index (χ0) is 27.8. The van der Waals surface area contributed by atoms with E-state index in [2.05, 4.69) is 5.32 Å². The fourth-order valence-electron chi connectivity index (χ4n) is 4.84. The first kappa shape index (κ1) is 26.9. The topological polar surface area (TPSA) is 124 Å². The van der Waals surface area contributed by atoms with Crippen LogP contribution in [0.5, 0.6) is 5.75 Å². The van der Waals surface area contributed by atoms with Crippen molar-refractivity contribution in [1.82, 2.24) is 4.57 Å². The third-order valence-electron chi connectivity index (χ3n) is 6.60. The number of amides is 1. The van der Waals surface area contributed by atoms with E-state index in [1.165, 1.54) is 11.6 Å². The van der Waals surface area contributed by atoms with Crippen molar-refractivity contribution in [2.24, 2.45) is 7.05 Å². The van der Waals surface area contributed by atoms with Gasteiger partial charge in [-0.2, -0.15) is 0 Å². The van der Waals surface area contributed by atoms with Crippen LogP contribution in [0.15, 0.2) is 47.3 Å². The molecule has 0 saturated carbocycles. The molecule has 3 aromatic rings. The Morgan fingerprint density at radius 3 is 2.45 bits per heavy atom. The van der Waals surface area contributed by atoms with Gasteiger partial charge < -0.3 is 29.7 Å². The second-order valence-electron chi connectivity index (χ2n) is 10.3. The lowest BCUT2D eigenvalue weighted by molar-refractivity contribution is -0.461. The molecular weight excluding hydrogens is 486 g/mol. The Labute approximate surface area is 221 Å². The first-order valence-corrected chi connectivity index (χ1v) is 12.4. The monoisotopic (exact) mass is 518 g/mol. The summed E-state index contributed by atoms with van der Waals surface area (Å²) in [6.07, 6.45) is -0.410. The summed E-state index contributed by atoms with van der Waals surface area (Å²) in [4.78, 5) is 40.4. The minimum Gasteiger partial charge on any atom is -0.849 e. The van der Waals surface area contributed by atoms with E-state index in [1.54, 1.807) is 45.0 Å².